The third-order valence-corrected chi connectivity index (χ3v) is 1.57. The summed E-state index contributed by atoms with van der Waals surface area (Å²) >= 11 is 0. The minimum atomic E-state index is 0. The first-order valence-electron chi connectivity index (χ1n) is 3.88. The van der Waals surface area contributed by atoms with E-state index in [9.17, 15) is 0 Å². The molecule has 1 rings (SSSR count). The van der Waals surface area contributed by atoms with E-state index >= 15 is 0 Å². The average Bonchev–Trinajstić information content (AvgIpc) is 2.15. The second-order valence-electron chi connectivity index (χ2n) is 2.56. The van der Waals surface area contributed by atoms with Crippen LogP contribution >= 0.6 is 12.4 Å². The number of hydrogen-bond donors (Lipinski definition) is 2. The lowest BCUT2D eigenvalue weighted by molar-refractivity contribution is 0.415. The SMILES string of the molecule is COc1ccc(/C=C/C(=N)N)cc1.Cl. The Hall–Kier alpha value is -1.48. The number of nitrogens with one attached hydrogen (secondary N) is 1. The van der Waals surface area contributed by atoms with Crippen LogP contribution in [0.1, 0.15) is 5.56 Å². The Balaban J connectivity index is 0.00000169. The molecule has 0 fully saturated rings. The Morgan fingerprint density at radius 3 is 2.36 bits per heavy atom. The quantitative estimate of drug-likeness (QED) is 0.595. The van der Waals surface area contributed by atoms with E-state index in [1.54, 1.807) is 19.3 Å². The second-order valence-corrected chi connectivity index (χ2v) is 2.56. The Bertz CT molecular complexity index is 319. The summed E-state index contributed by atoms with van der Waals surface area (Å²) in [6.07, 6.45) is 3.32. The zero-order chi connectivity index (χ0) is 9.68. The Labute approximate surface area is 89.5 Å². The number of hydrogen-bond acceptors (Lipinski definition) is 2. The molecule has 1 aromatic rings. The highest BCUT2D eigenvalue weighted by molar-refractivity contribution is 5.92. The molecule has 14 heavy (non-hydrogen) atoms. The average molecular weight is 213 g/mol. The fourth-order valence-electron chi connectivity index (χ4n) is 0.901. The van der Waals surface area contributed by atoms with Gasteiger partial charge in [-0.15, -0.1) is 12.4 Å². The molecule has 0 saturated heterocycles. The van der Waals surface area contributed by atoms with Gasteiger partial charge in [0.1, 0.15) is 11.6 Å². The van der Waals surface area contributed by atoms with Gasteiger partial charge in [0.15, 0.2) is 0 Å². The molecule has 0 bridgehead atoms. The van der Waals surface area contributed by atoms with Gasteiger partial charge < -0.3 is 10.5 Å². The van der Waals surface area contributed by atoms with E-state index in [1.165, 1.54) is 0 Å². The standard InChI is InChI=1S/C10H12N2O.ClH/c1-13-9-5-2-8(3-6-9)4-7-10(11)12;/h2-7H,1H3,(H3,11,12);1H/b7-4+;. The molecule has 0 atom stereocenters. The van der Waals surface area contributed by atoms with Crippen LogP contribution in [0, 0.1) is 5.41 Å². The van der Waals surface area contributed by atoms with Crippen LogP contribution in [-0.2, 0) is 0 Å². The van der Waals surface area contributed by atoms with Crippen molar-refractivity contribution in [2.24, 2.45) is 5.73 Å². The second kappa shape index (κ2) is 6.05. The minimum Gasteiger partial charge on any atom is -0.497 e. The highest BCUT2D eigenvalue weighted by Gasteiger charge is 1.89. The Morgan fingerprint density at radius 2 is 1.93 bits per heavy atom. The molecule has 0 radical (unpaired) electrons. The molecule has 0 amide bonds. The van der Waals surface area contributed by atoms with Crippen LogP contribution in [0.2, 0.25) is 0 Å². The van der Waals surface area contributed by atoms with Gasteiger partial charge in [-0.05, 0) is 23.8 Å². The van der Waals surface area contributed by atoms with E-state index in [1.807, 2.05) is 24.3 Å². The Morgan fingerprint density at radius 1 is 1.36 bits per heavy atom. The molecule has 0 unspecified atom stereocenters. The smallest absolute Gasteiger partial charge is 0.118 e. The number of rotatable bonds is 3. The normalized spacial score (nSPS) is 9.50. The molecule has 0 aliphatic rings. The van der Waals surface area contributed by atoms with Crippen LogP contribution in [-0.4, -0.2) is 12.9 Å². The molecule has 0 spiro atoms. The summed E-state index contributed by atoms with van der Waals surface area (Å²) in [5, 5.41) is 6.99. The maximum atomic E-state index is 6.99. The number of nitrogens with two attached hydrogens (primary N) is 1. The molecule has 3 N–H and O–H groups in total. The maximum absolute atomic E-state index is 6.99. The van der Waals surface area contributed by atoms with E-state index < -0.39 is 0 Å². The highest BCUT2D eigenvalue weighted by Crippen LogP contribution is 2.11. The van der Waals surface area contributed by atoms with Crippen LogP contribution < -0.4 is 10.5 Å². The molecule has 0 aliphatic carbocycles. The molecular formula is C10H13ClN2O. The largest absolute Gasteiger partial charge is 0.497 e. The van der Waals surface area contributed by atoms with Crippen molar-refractivity contribution in [1.82, 2.24) is 0 Å². The van der Waals surface area contributed by atoms with Gasteiger partial charge in [-0.3, -0.25) is 5.41 Å². The number of methoxy groups -OCH3 is 1. The topological polar surface area (TPSA) is 59.1 Å². The predicted octanol–water partition coefficient (Wildman–Crippen LogP) is 2.07. The first-order valence-corrected chi connectivity index (χ1v) is 3.88. The number of benzene rings is 1. The van der Waals surface area contributed by atoms with Gasteiger partial charge in [0.2, 0.25) is 0 Å². The fourth-order valence-corrected chi connectivity index (χ4v) is 0.901. The predicted molar refractivity (Wildman–Crippen MR) is 61.2 cm³/mol. The summed E-state index contributed by atoms with van der Waals surface area (Å²) in [7, 11) is 1.63. The summed E-state index contributed by atoms with van der Waals surface area (Å²) in [5.74, 6) is 0.871. The van der Waals surface area contributed by atoms with Gasteiger partial charge in [-0.1, -0.05) is 18.2 Å². The third-order valence-electron chi connectivity index (χ3n) is 1.57. The molecular weight excluding hydrogens is 200 g/mol. The molecule has 0 aliphatic heterocycles. The molecule has 76 valence electrons. The van der Waals surface area contributed by atoms with Crippen molar-refractivity contribution in [3.63, 3.8) is 0 Å². The van der Waals surface area contributed by atoms with E-state index in [0.29, 0.717) is 0 Å². The number of amidine groups is 1. The van der Waals surface area contributed by atoms with E-state index in [-0.39, 0.29) is 18.2 Å². The minimum absolute atomic E-state index is 0. The summed E-state index contributed by atoms with van der Waals surface area (Å²) in [4.78, 5) is 0. The van der Waals surface area contributed by atoms with Crippen molar-refractivity contribution >= 4 is 24.3 Å². The van der Waals surface area contributed by atoms with Crippen LogP contribution in [0.15, 0.2) is 30.3 Å². The maximum Gasteiger partial charge on any atom is 0.118 e. The van der Waals surface area contributed by atoms with Crippen LogP contribution in [0.4, 0.5) is 0 Å². The monoisotopic (exact) mass is 212 g/mol. The van der Waals surface area contributed by atoms with Crippen LogP contribution in [0.25, 0.3) is 6.08 Å². The van der Waals surface area contributed by atoms with Crippen molar-refractivity contribution in [2.45, 2.75) is 0 Å². The summed E-state index contributed by atoms with van der Waals surface area (Å²) in [6.45, 7) is 0. The zero-order valence-corrected chi connectivity index (χ0v) is 8.67. The van der Waals surface area contributed by atoms with Crippen molar-refractivity contribution in [1.29, 1.82) is 5.41 Å². The number of ether oxygens (including phenoxy) is 1. The highest BCUT2D eigenvalue weighted by atomic mass is 35.5. The molecule has 0 saturated carbocycles. The molecule has 1 aromatic carbocycles. The van der Waals surface area contributed by atoms with Crippen molar-refractivity contribution in [3.05, 3.63) is 35.9 Å². The lowest BCUT2D eigenvalue weighted by atomic mass is 10.2. The van der Waals surface area contributed by atoms with Gasteiger partial charge in [0.25, 0.3) is 0 Å². The van der Waals surface area contributed by atoms with Crippen LogP contribution in [0.5, 0.6) is 5.75 Å². The molecule has 4 heteroatoms. The van der Waals surface area contributed by atoms with Crippen molar-refractivity contribution in [3.8, 4) is 5.75 Å². The van der Waals surface area contributed by atoms with Crippen molar-refractivity contribution in [2.75, 3.05) is 7.11 Å². The molecule has 3 nitrogen and oxygen atoms in total. The first kappa shape index (κ1) is 12.5. The van der Waals surface area contributed by atoms with Crippen LogP contribution in [0.3, 0.4) is 0 Å². The summed E-state index contributed by atoms with van der Waals surface area (Å²) in [5.41, 5.74) is 6.16. The zero-order valence-electron chi connectivity index (χ0n) is 7.86. The molecule has 0 aromatic heterocycles. The van der Waals surface area contributed by atoms with Gasteiger partial charge in [0.05, 0.1) is 7.11 Å². The first-order chi connectivity index (χ1) is 6.22. The molecule has 0 heterocycles. The van der Waals surface area contributed by atoms with Gasteiger partial charge in [-0.25, -0.2) is 0 Å². The van der Waals surface area contributed by atoms with Gasteiger partial charge in [-0.2, -0.15) is 0 Å². The van der Waals surface area contributed by atoms with Gasteiger partial charge >= 0.3 is 0 Å². The van der Waals surface area contributed by atoms with E-state index in [2.05, 4.69) is 0 Å². The summed E-state index contributed by atoms with van der Waals surface area (Å²) in [6, 6.07) is 7.52. The van der Waals surface area contributed by atoms with E-state index in [4.69, 9.17) is 15.9 Å². The van der Waals surface area contributed by atoms with E-state index in [0.717, 1.165) is 11.3 Å². The van der Waals surface area contributed by atoms with Gasteiger partial charge in [0, 0.05) is 0 Å². The fraction of sp³-hybridized carbons (Fsp3) is 0.100. The lowest BCUT2D eigenvalue weighted by Crippen LogP contribution is -2.03. The van der Waals surface area contributed by atoms with Crippen molar-refractivity contribution < 1.29 is 4.74 Å². The third kappa shape index (κ3) is 3.96. The summed E-state index contributed by atoms with van der Waals surface area (Å²) < 4.78 is 5.00. The Kier molecular flexibility index (Phi) is 5.41. The lowest BCUT2D eigenvalue weighted by Gasteiger charge is -1.98. The number of halogens is 1.